The molecule has 0 saturated heterocycles. The van der Waals surface area contributed by atoms with E-state index < -0.39 is 22.7 Å². The van der Waals surface area contributed by atoms with Crippen LogP contribution in [-0.4, -0.2) is 16.1 Å². The molecule has 0 aliphatic carbocycles. The zero-order valence-corrected chi connectivity index (χ0v) is 11.4. The van der Waals surface area contributed by atoms with E-state index in [1.54, 1.807) is 32.0 Å². The van der Waals surface area contributed by atoms with Crippen molar-refractivity contribution in [3.63, 3.8) is 0 Å². The van der Waals surface area contributed by atoms with Crippen molar-refractivity contribution in [1.82, 2.24) is 4.98 Å². The number of hydrogen-bond acceptors (Lipinski definition) is 3. The van der Waals surface area contributed by atoms with Gasteiger partial charge in [-0.3, -0.25) is 0 Å². The van der Waals surface area contributed by atoms with Crippen LogP contribution in [0, 0.1) is 13.8 Å². The summed E-state index contributed by atoms with van der Waals surface area (Å²) < 4.78 is 38.5. The van der Waals surface area contributed by atoms with Crippen LogP contribution in [0.5, 0.6) is 0 Å². The van der Waals surface area contributed by atoms with Gasteiger partial charge < -0.3 is 5.11 Å². The molecule has 0 aliphatic heterocycles. The lowest BCUT2D eigenvalue weighted by atomic mass is 10.0. The highest BCUT2D eigenvalue weighted by atomic mass is 32.1. The molecule has 0 bridgehead atoms. The predicted molar refractivity (Wildman–Crippen MR) is 69.0 cm³/mol. The molecule has 1 N–H and O–H groups in total. The van der Waals surface area contributed by atoms with Gasteiger partial charge in [-0.25, -0.2) is 9.78 Å². The van der Waals surface area contributed by atoms with Gasteiger partial charge in [0.25, 0.3) is 0 Å². The predicted octanol–water partition coefficient (Wildman–Crippen LogP) is 4.14. The number of carboxylic acid groups (broad SMARTS) is 1. The number of aryl methyl sites for hydroxylation is 2. The van der Waals surface area contributed by atoms with E-state index in [1.165, 1.54) is 0 Å². The third-order valence-electron chi connectivity index (χ3n) is 2.78. The Kier molecular flexibility index (Phi) is 3.56. The summed E-state index contributed by atoms with van der Waals surface area (Å²) in [4.78, 5) is 13.7. The van der Waals surface area contributed by atoms with Crippen LogP contribution in [0.2, 0.25) is 0 Å². The first-order valence-electron chi connectivity index (χ1n) is 5.59. The number of carboxylic acids is 1. The Labute approximate surface area is 116 Å². The smallest absolute Gasteiger partial charge is 0.435 e. The molecule has 0 aliphatic rings. The van der Waals surface area contributed by atoms with Gasteiger partial charge in [0.05, 0.1) is 0 Å². The molecule has 0 unspecified atom stereocenters. The summed E-state index contributed by atoms with van der Waals surface area (Å²) in [5, 5.41) is 8.97. The number of benzene rings is 1. The van der Waals surface area contributed by atoms with Gasteiger partial charge in [0, 0.05) is 5.56 Å². The highest BCUT2D eigenvalue weighted by Gasteiger charge is 2.40. The second-order valence-electron chi connectivity index (χ2n) is 4.27. The van der Waals surface area contributed by atoms with E-state index in [0.29, 0.717) is 16.9 Å². The van der Waals surface area contributed by atoms with Crippen molar-refractivity contribution in [2.24, 2.45) is 0 Å². The van der Waals surface area contributed by atoms with Crippen molar-refractivity contribution in [2.75, 3.05) is 0 Å². The maximum absolute atomic E-state index is 12.8. The summed E-state index contributed by atoms with van der Waals surface area (Å²) in [6, 6.07) is 5.28. The van der Waals surface area contributed by atoms with Crippen molar-refractivity contribution in [1.29, 1.82) is 0 Å². The van der Waals surface area contributed by atoms with Gasteiger partial charge in [-0.1, -0.05) is 18.2 Å². The molecule has 0 spiro atoms. The normalized spacial score (nSPS) is 11.7. The van der Waals surface area contributed by atoms with Gasteiger partial charge in [0.1, 0.15) is 9.88 Å². The Hall–Kier alpha value is -1.89. The molecular formula is C13H10F3NO2S. The average Bonchev–Trinajstić information content (AvgIpc) is 2.73. The van der Waals surface area contributed by atoms with E-state index in [-0.39, 0.29) is 5.01 Å². The molecule has 1 aromatic heterocycles. The van der Waals surface area contributed by atoms with Crippen LogP contribution < -0.4 is 0 Å². The minimum absolute atomic E-state index is 0.0744. The van der Waals surface area contributed by atoms with Crippen molar-refractivity contribution in [2.45, 2.75) is 20.0 Å². The molecule has 106 valence electrons. The number of alkyl halides is 3. The number of halogens is 3. The van der Waals surface area contributed by atoms with E-state index in [0.717, 1.165) is 11.1 Å². The number of aromatic nitrogens is 1. The van der Waals surface area contributed by atoms with Crippen molar-refractivity contribution >= 4 is 17.3 Å². The molecule has 0 saturated carbocycles. The standard InChI is InChI=1S/C13H10F3NO2S/c1-6-4-3-5-7(2)8(6)11-17-10(13(14,15)16)9(20-11)12(18)19/h3-5H,1-2H3,(H,18,19). The van der Waals surface area contributed by atoms with Crippen LogP contribution in [0.15, 0.2) is 18.2 Å². The summed E-state index contributed by atoms with van der Waals surface area (Å²) in [6.45, 7) is 3.49. The van der Waals surface area contributed by atoms with Crippen molar-refractivity contribution in [3.8, 4) is 10.6 Å². The van der Waals surface area contributed by atoms with Crippen LogP contribution in [0.25, 0.3) is 10.6 Å². The number of thiazole rings is 1. The Bertz CT molecular complexity index is 656. The SMILES string of the molecule is Cc1cccc(C)c1-c1nc(C(F)(F)F)c(C(=O)O)s1. The summed E-state index contributed by atoms with van der Waals surface area (Å²) in [5.41, 5.74) is 0.719. The Morgan fingerprint density at radius 3 is 2.20 bits per heavy atom. The molecule has 0 fully saturated rings. The summed E-state index contributed by atoms with van der Waals surface area (Å²) in [6.07, 6.45) is -4.78. The zero-order valence-electron chi connectivity index (χ0n) is 10.6. The van der Waals surface area contributed by atoms with E-state index in [9.17, 15) is 18.0 Å². The quantitative estimate of drug-likeness (QED) is 0.906. The van der Waals surface area contributed by atoms with Crippen LogP contribution in [-0.2, 0) is 6.18 Å². The third kappa shape index (κ3) is 2.53. The number of aromatic carboxylic acids is 1. The van der Waals surface area contributed by atoms with Crippen LogP contribution >= 0.6 is 11.3 Å². The van der Waals surface area contributed by atoms with Gasteiger partial charge in [0.2, 0.25) is 0 Å². The largest absolute Gasteiger partial charge is 0.477 e. The van der Waals surface area contributed by atoms with Gasteiger partial charge in [0.15, 0.2) is 5.69 Å². The maximum Gasteiger partial charge on any atom is 0.435 e. The van der Waals surface area contributed by atoms with E-state index in [4.69, 9.17) is 5.11 Å². The van der Waals surface area contributed by atoms with Crippen LogP contribution in [0.3, 0.4) is 0 Å². The lowest BCUT2D eigenvalue weighted by Crippen LogP contribution is -2.11. The lowest BCUT2D eigenvalue weighted by molar-refractivity contribution is -0.141. The second kappa shape index (κ2) is 4.90. The first-order chi connectivity index (χ1) is 9.21. The first-order valence-corrected chi connectivity index (χ1v) is 6.41. The minimum Gasteiger partial charge on any atom is -0.477 e. The Morgan fingerprint density at radius 2 is 1.80 bits per heavy atom. The summed E-state index contributed by atoms with van der Waals surface area (Å²) >= 11 is 0.545. The third-order valence-corrected chi connectivity index (χ3v) is 3.85. The fraction of sp³-hybridized carbons (Fsp3) is 0.231. The Morgan fingerprint density at radius 1 is 1.25 bits per heavy atom. The molecule has 0 atom stereocenters. The fourth-order valence-corrected chi connectivity index (χ4v) is 3.02. The van der Waals surface area contributed by atoms with E-state index in [1.807, 2.05) is 0 Å². The molecule has 20 heavy (non-hydrogen) atoms. The second-order valence-corrected chi connectivity index (χ2v) is 5.27. The van der Waals surface area contributed by atoms with Gasteiger partial charge >= 0.3 is 12.1 Å². The van der Waals surface area contributed by atoms with Gasteiger partial charge in [-0.15, -0.1) is 11.3 Å². The highest BCUT2D eigenvalue weighted by Crippen LogP contribution is 2.39. The summed E-state index contributed by atoms with van der Waals surface area (Å²) in [5.74, 6) is -1.62. The number of hydrogen-bond donors (Lipinski definition) is 1. The molecular weight excluding hydrogens is 291 g/mol. The molecule has 2 aromatic rings. The van der Waals surface area contributed by atoms with Gasteiger partial charge in [-0.05, 0) is 25.0 Å². The van der Waals surface area contributed by atoms with E-state index >= 15 is 0 Å². The minimum atomic E-state index is -4.78. The van der Waals surface area contributed by atoms with E-state index in [2.05, 4.69) is 4.98 Å². The van der Waals surface area contributed by atoms with Crippen molar-refractivity contribution in [3.05, 3.63) is 39.9 Å². The molecule has 0 amide bonds. The van der Waals surface area contributed by atoms with Crippen molar-refractivity contribution < 1.29 is 23.1 Å². The van der Waals surface area contributed by atoms with Gasteiger partial charge in [-0.2, -0.15) is 13.2 Å². The average molecular weight is 301 g/mol. The first kappa shape index (κ1) is 14.5. The maximum atomic E-state index is 12.8. The van der Waals surface area contributed by atoms with Crippen LogP contribution in [0.4, 0.5) is 13.2 Å². The lowest BCUT2D eigenvalue weighted by Gasteiger charge is -2.06. The Balaban J connectivity index is 2.69. The topological polar surface area (TPSA) is 50.2 Å². The molecule has 1 heterocycles. The zero-order chi connectivity index (χ0) is 15.1. The highest BCUT2D eigenvalue weighted by molar-refractivity contribution is 7.17. The monoisotopic (exact) mass is 301 g/mol. The number of rotatable bonds is 2. The fourth-order valence-electron chi connectivity index (χ4n) is 1.92. The molecule has 7 heteroatoms. The van der Waals surface area contributed by atoms with Crippen LogP contribution in [0.1, 0.15) is 26.5 Å². The number of nitrogens with zero attached hydrogens (tertiary/aromatic N) is 1. The molecule has 1 aromatic carbocycles. The summed E-state index contributed by atoms with van der Waals surface area (Å²) in [7, 11) is 0. The molecule has 0 radical (unpaired) electrons. The molecule has 3 nitrogen and oxygen atoms in total. The number of carbonyl (C=O) groups is 1. The molecule has 2 rings (SSSR count).